The summed E-state index contributed by atoms with van der Waals surface area (Å²) in [4.78, 5) is 8.55. The zero-order chi connectivity index (χ0) is 12.8. The van der Waals surface area contributed by atoms with Gasteiger partial charge in [0.15, 0.2) is 0 Å². The molecule has 0 radical (unpaired) electrons. The van der Waals surface area contributed by atoms with Crippen molar-refractivity contribution in [2.75, 3.05) is 17.2 Å². The van der Waals surface area contributed by atoms with Gasteiger partial charge in [-0.3, -0.25) is 4.98 Å². The van der Waals surface area contributed by atoms with Gasteiger partial charge >= 0.3 is 0 Å². The summed E-state index contributed by atoms with van der Waals surface area (Å²) in [6.07, 6.45) is 3.45. The highest BCUT2D eigenvalue weighted by Gasteiger charge is 1.98. The molecule has 2 rings (SSSR count). The number of hydrogen-bond acceptors (Lipinski definition) is 4. The Labute approximate surface area is 107 Å². The van der Waals surface area contributed by atoms with Gasteiger partial charge < -0.3 is 10.6 Å². The van der Waals surface area contributed by atoms with E-state index in [1.807, 2.05) is 6.92 Å². The average Bonchev–Trinajstić information content (AvgIpc) is 2.39. The quantitative estimate of drug-likeness (QED) is 0.846. The van der Waals surface area contributed by atoms with Crippen molar-refractivity contribution in [3.63, 3.8) is 0 Å². The van der Waals surface area contributed by atoms with Crippen LogP contribution in [0.5, 0.6) is 0 Å². The fourth-order valence-corrected chi connectivity index (χ4v) is 1.62. The van der Waals surface area contributed by atoms with Crippen LogP contribution in [0.25, 0.3) is 0 Å². The number of nitrogens with one attached hydrogen (secondary N) is 2. The summed E-state index contributed by atoms with van der Waals surface area (Å²) < 4.78 is 0. The third-order valence-corrected chi connectivity index (χ3v) is 2.59. The standard InChI is InChI=1S/C14H18N4/c1-3-16-13-9-15-10-14(18-13)17-8-12-6-4-11(2)5-7-12/h4-7,9-10H,3,8H2,1-2H3,(H2,16,17,18). The van der Waals surface area contributed by atoms with Crippen LogP contribution in [0.3, 0.4) is 0 Å². The van der Waals surface area contributed by atoms with E-state index in [1.54, 1.807) is 12.4 Å². The summed E-state index contributed by atoms with van der Waals surface area (Å²) >= 11 is 0. The van der Waals surface area contributed by atoms with Gasteiger partial charge in [-0.05, 0) is 19.4 Å². The summed E-state index contributed by atoms with van der Waals surface area (Å²) in [5.41, 5.74) is 2.50. The van der Waals surface area contributed by atoms with Gasteiger partial charge in [0.05, 0.1) is 12.4 Å². The second-order valence-electron chi connectivity index (χ2n) is 4.16. The Morgan fingerprint density at radius 2 is 1.67 bits per heavy atom. The van der Waals surface area contributed by atoms with E-state index in [-0.39, 0.29) is 0 Å². The Bertz CT molecular complexity index is 493. The maximum Gasteiger partial charge on any atom is 0.147 e. The van der Waals surface area contributed by atoms with Gasteiger partial charge in [-0.15, -0.1) is 0 Å². The van der Waals surface area contributed by atoms with Gasteiger partial charge in [-0.2, -0.15) is 0 Å². The Balaban J connectivity index is 1.97. The largest absolute Gasteiger partial charge is 0.369 e. The fraction of sp³-hybridized carbons (Fsp3) is 0.286. The van der Waals surface area contributed by atoms with Crippen molar-refractivity contribution < 1.29 is 0 Å². The second kappa shape index (κ2) is 6.00. The van der Waals surface area contributed by atoms with Crippen LogP contribution < -0.4 is 10.6 Å². The SMILES string of the molecule is CCNc1cncc(NCc2ccc(C)cc2)n1. The predicted molar refractivity (Wildman–Crippen MR) is 74.7 cm³/mol. The highest BCUT2D eigenvalue weighted by atomic mass is 15.1. The van der Waals surface area contributed by atoms with Crippen LogP contribution in [-0.4, -0.2) is 16.5 Å². The Morgan fingerprint density at radius 3 is 2.33 bits per heavy atom. The molecule has 1 aromatic heterocycles. The van der Waals surface area contributed by atoms with E-state index in [2.05, 4.69) is 51.8 Å². The zero-order valence-electron chi connectivity index (χ0n) is 10.8. The lowest BCUT2D eigenvalue weighted by Crippen LogP contribution is -2.05. The molecule has 0 bridgehead atoms. The number of benzene rings is 1. The van der Waals surface area contributed by atoms with Crippen LogP contribution in [0.4, 0.5) is 11.6 Å². The molecule has 0 aliphatic carbocycles. The molecule has 2 aromatic rings. The molecule has 18 heavy (non-hydrogen) atoms. The molecular formula is C14H18N4. The van der Waals surface area contributed by atoms with E-state index >= 15 is 0 Å². The smallest absolute Gasteiger partial charge is 0.147 e. The van der Waals surface area contributed by atoms with E-state index in [0.29, 0.717) is 0 Å². The molecule has 1 aromatic carbocycles. The molecule has 4 nitrogen and oxygen atoms in total. The van der Waals surface area contributed by atoms with Crippen LogP contribution in [0, 0.1) is 6.92 Å². The van der Waals surface area contributed by atoms with Crippen LogP contribution in [0.2, 0.25) is 0 Å². The lowest BCUT2D eigenvalue weighted by Gasteiger charge is -2.07. The molecule has 4 heteroatoms. The monoisotopic (exact) mass is 242 g/mol. The molecule has 0 saturated heterocycles. The number of hydrogen-bond donors (Lipinski definition) is 2. The molecule has 0 spiro atoms. The summed E-state index contributed by atoms with van der Waals surface area (Å²) in [7, 11) is 0. The van der Waals surface area contributed by atoms with Crippen LogP contribution in [0.1, 0.15) is 18.1 Å². The molecule has 0 saturated carbocycles. The van der Waals surface area contributed by atoms with Crippen molar-refractivity contribution in [2.24, 2.45) is 0 Å². The van der Waals surface area contributed by atoms with Crippen molar-refractivity contribution in [3.8, 4) is 0 Å². The third-order valence-electron chi connectivity index (χ3n) is 2.59. The lowest BCUT2D eigenvalue weighted by molar-refractivity contribution is 1.07. The molecule has 0 amide bonds. The first-order valence-electron chi connectivity index (χ1n) is 6.13. The van der Waals surface area contributed by atoms with E-state index < -0.39 is 0 Å². The molecule has 1 heterocycles. The van der Waals surface area contributed by atoms with E-state index in [1.165, 1.54) is 11.1 Å². The summed E-state index contributed by atoms with van der Waals surface area (Å²) in [5.74, 6) is 1.58. The summed E-state index contributed by atoms with van der Waals surface area (Å²) in [5, 5.41) is 6.41. The molecule has 0 aliphatic rings. The maximum absolute atomic E-state index is 4.41. The van der Waals surface area contributed by atoms with Gasteiger partial charge in [0, 0.05) is 13.1 Å². The molecule has 0 aliphatic heterocycles. The number of rotatable bonds is 5. The molecule has 94 valence electrons. The number of aromatic nitrogens is 2. The van der Waals surface area contributed by atoms with Gasteiger partial charge in [-0.25, -0.2) is 4.98 Å². The minimum absolute atomic E-state index is 0.755. The van der Waals surface area contributed by atoms with Gasteiger partial charge in [-0.1, -0.05) is 29.8 Å². The molecule has 0 unspecified atom stereocenters. The van der Waals surface area contributed by atoms with Crippen molar-refractivity contribution in [1.82, 2.24) is 9.97 Å². The van der Waals surface area contributed by atoms with E-state index in [9.17, 15) is 0 Å². The first kappa shape index (κ1) is 12.4. The highest BCUT2D eigenvalue weighted by Crippen LogP contribution is 2.09. The Kier molecular flexibility index (Phi) is 4.12. The second-order valence-corrected chi connectivity index (χ2v) is 4.16. The first-order chi connectivity index (χ1) is 8.78. The number of nitrogens with zero attached hydrogens (tertiary/aromatic N) is 2. The number of aryl methyl sites for hydroxylation is 1. The Morgan fingerprint density at radius 1 is 1.00 bits per heavy atom. The van der Waals surface area contributed by atoms with Crippen molar-refractivity contribution >= 4 is 11.6 Å². The molecule has 2 N–H and O–H groups in total. The van der Waals surface area contributed by atoms with Crippen LogP contribution in [0.15, 0.2) is 36.7 Å². The maximum atomic E-state index is 4.41. The van der Waals surface area contributed by atoms with Crippen molar-refractivity contribution in [3.05, 3.63) is 47.8 Å². The topological polar surface area (TPSA) is 49.8 Å². The first-order valence-corrected chi connectivity index (χ1v) is 6.13. The molecule has 0 atom stereocenters. The summed E-state index contributed by atoms with van der Waals surface area (Å²) in [6.45, 7) is 5.72. The minimum Gasteiger partial charge on any atom is -0.369 e. The average molecular weight is 242 g/mol. The third kappa shape index (κ3) is 3.45. The lowest BCUT2D eigenvalue weighted by atomic mass is 10.1. The van der Waals surface area contributed by atoms with Crippen LogP contribution in [-0.2, 0) is 6.54 Å². The molecular weight excluding hydrogens is 224 g/mol. The van der Waals surface area contributed by atoms with Crippen molar-refractivity contribution in [1.29, 1.82) is 0 Å². The number of anilines is 2. The fourth-order valence-electron chi connectivity index (χ4n) is 1.62. The zero-order valence-corrected chi connectivity index (χ0v) is 10.8. The normalized spacial score (nSPS) is 10.1. The Hall–Kier alpha value is -2.10. The van der Waals surface area contributed by atoms with Crippen LogP contribution >= 0.6 is 0 Å². The highest BCUT2D eigenvalue weighted by molar-refractivity contribution is 5.42. The van der Waals surface area contributed by atoms with Gasteiger partial charge in [0.25, 0.3) is 0 Å². The van der Waals surface area contributed by atoms with E-state index in [0.717, 1.165) is 24.7 Å². The van der Waals surface area contributed by atoms with Gasteiger partial charge in [0.1, 0.15) is 11.6 Å². The molecule has 0 fully saturated rings. The summed E-state index contributed by atoms with van der Waals surface area (Å²) in [6, 6.07) is 8.45. The van der Waals surface area contributed by atoms with E-state index in [4.69, 9.17) is 0 Å². The predicted octanol–water partition coefficient (Wildman–Crippen LogP) is 2.83. The minimum atomic E-state index is 0.755. The van der Waals surface area contributed by atoms with Crippen molar-refractivity contribution in [2.45, 2.75) is 20.4 Å². The van der Waals surface area contributed by atoms with Gasteiger partial charge in [0.2, 0.25) is 0 Å².